The Balaban J connectivity index is 1.99. The molecule has 1 N–H and O–H groups in total. The summed E-state index contributed by atoms with van der Waals surface area (Å²) in [7, 11) is 0. The Morgan fingerprint density at radius 3 is 2.13 bits per heavy atom. The van der Waals surface area contributed by atoms with Gasteiger partial charge in [-0.1, -0.05) is 25.6 Å². The third-order valence-electron chi connectivity index (χ3n) is 3.47. The molecule has 0 saturated heterocycles. The van der Waals surface area contributed by atoms with Gasteiger partial charge in [-0.25, -0.2) is 0 Å². The van der Waals surface area contributed by atoms with Crippen molar-refractivity contribution >= 4 is 29.0 Å². The van der Waals surface area contributed by atoms with Gasteiger partial charge in [-0.15, -0.1) is 0 Å². The van der Waals surface area contributed by atoms with E-state index < -0.39 is 4.92 Å². The maximum absolute atomic E-state index is 11.8. The number of benzene rings is 2. The normalized spacial score (nSPS) is 11.7. The molecule has 1 amide bonds. The summed E-state index contributed by atoms with van der Waals surface area (Å²) >= 11 is 1.51. The Morgan fingerprint density at radius 2 is 1.65 bits per heavy atom. The third kappa shape index (κ3) is 4.82. The summed E-state index contributed by atoms with van der Waals surface area (Å²) in [5, 5.41) is 13.5. The molecule has 0 aliphatic carbocycles. The molecule has 0 heterocycles. The molecule has 0 saturated carbocycles. The average molecular weight is 330 g/mol. The van der Waals surface area contributed by atoms with Crippen LogP contribution in [0.25, 0.3) is 0 Å². The smallest absolute Gasteiger partial charge is 0.269 e. The van der Waals surface area contributed by atoms with Gasteiger partial charge >= 0.3 is 0 Å². The van der Waals surface area contributed by atoms with Crippen molar-refractivity contribution in [2.75, 3.05) is 5.32 Å². The van der Waals surface area contributed by atoms with Crippen LogP contribution in [0.1, 0.15) is 20.3 Å². The van der Waals surface area contributed by atoms with Gasteiger partial charge in [0.2, 0.25) is 5.91 Å². The first-order valence-electron chi connectivity index (χ1n) is 7.33. The molecule has 23 heavy (non-hydrogen) atoms. The Morgan fingerprint density at radius 1 is 1.13 bits per heavy atom. The van der Waals surface area contributed by atoms with Crippen LogP contribution in [0.3, 0.4) is 0 Å². The van der Waals surface area contributed by atoms with Crippen LogP contribution in [0.15, 0.2) is 58.3 Å². The summed E-state index contributed by atoms with van der Waals surface area (Å²) in [6.45, 7) is 3.88. The second kappa shape index (κ2) is 7.78. The first-order chi connectivity index (χ1) is 11.0. The van der Waals surface area contributed by atoms with E-state index in [2.05, 4.69) is 5.32 Å². The highest BCUT2D eigenvalue weighted by molar-refractivity contribution is 7.99. The van der Waals surface area contributed by atoms with Gasteiger partial charge in [-0.3, -0.25) is 14.9 Å². The first-order valence-corrected chi connectivity index (χ1v) is 8.14. The summed E-state index contributed by atoms with van der Waals surface area (Å²) in [5.74, 6) is 0.00688. The number of carbonyl (C=O) groups excluding carboxylic acids is 1. The number of nitro groups is 1. The lowest BCUT2D eigenvalue weighted by Crippen LogP contribution is -2.19. The summed E-state index contributed by atoms with van der Waals surface area (Å²) in [6, 6.07) is 14.0. The predicted molar refractivity (Wildman–Crippen MR) is 91.7 cm³/mol. The van der Waals surface area contributed by atoms with Crippen molar-refractivity contribution in [2.24, 2.45) is 5.92 Å². The molecule has 2 rings (SSSR count). The molecule has 1 unspecified atom stereocenters. The van der Waals surface area contributed by atoms with Gasteiger partial charge in [0.05, 0.1) is 4.92 Å². The molecule has 2 aromatic rings. The molecule has 0 aromatic heterocycles. The number of hydrogen-bond acceptors (Lipinski definition) is 4. The van der Waals surface area contributed by atoms with Crippen molar-refractivity contribution in [3.8, 4) is 0 Å². The Labute approximate surface area is 139 Å². The van der Waals surface area contributed by atoms with E-state index in [4.69, 9.17) is 0 Å². The molecule has 120 valence electrons. The van der Waals surface area contributed by atoms with Gasteiger partial charge in [-0.05, 0) is 42.8 Å². The van der Waals surface area contributed by atoms with E-state index in [9.17, 15) is 14.9 Å². The number of anilines is 1. The zero-order valence-corrected chi connectivity index (χ0v) is 13.8. The molecule has 5 nitrogen and oxygen atoms in total. The van der Waals surface area contributed by atoms with E-state index in [1.807, 2.05) is 38.1 Å². The highest BCUT2D eigenvalue weighted by atomic mass is 32.2. The van der Waals surface area contributed by atoms with Crippen molar-refractivity contribution < 1.29 is 9.72 Å². The van der Waals surface area contributed by atoms with Gasteiger partial charge in [0, 0.05) is 33.5 Å². The minimum atomic E-state index is -0.413. The van der Waals surface area contributed by atoms with Gasteiger partial charge in [-0.2, -0.15) is 0 Å². The van der Waals surface area contributed by atoms with Crippen LogP contribution in [0.2, 0.25) is 0 Å². The minimum absolute atomic E-state index is 0.0100. The zero-order valence-electron chi connectivity index (χ0n) is 13.0. The number of nitro benzene ring substituents is 1. The second-order valence-corrected chi connectivity index (χ2v) is 6.32. The molecule has 0 bridgehead atoms. The number of carbonyl (C=O) groups is 1. The van der Waals surface area contributed by atoms with Gasteiger partial charge in [0.15, 0.2) is 0 Å². The monoisotopic (exact) mass is 330 g/mol. The number of non-ortho nitro benzene ring substituents is 1. The summed E-state index contributed by atoms with van der Waals surface area (Å²) < 4.78 is 0. The van der Waals surface area contributed by atoms with E-state index in [1.165, 1.54) is 23.9 Å². The van der Waals surface area contributed by atoms with Gasteiger partial charge < -0.3 is 5.32 Å². The molecular weight excluding hydrogens is 312 g/mol. The quantitative estimate of drug-likeness (QED) is 0.614. The van der Waals surface area contributed by atoms with Crippen LogP contribution in [0.4, 0.5) is 11.4 Å². The maximum Gasteiger partial charge on any atom is 0.269 e. The predicted octanol–water partition coefficient (Wildman–Crippen LogP) is 4.73. The van der Waals surface area contributed by atoms with E-state index >= 15 is 0 Å². The fraction of sp³-hybridized carbons (Fsp3) is 0.235. The lowest BCUT2D eigenvalue weighted by Gasteiger charge is -2.10. The van der Waals surface area contributed by atoms with Crippen LogP contribution in [-0.4, -0.2) is 10.8 Å². The SMILES string of the molecule is CCC(C)C(=O)Nc1ccc(Sc2ccc([N+](=O)[O-])cc2)cc1. The van der Waals surface area contributed by atoms with Crippen LogP contribution in [0, 0.1) is 16.0 Å². The maximum atomic E-state index is 11.8. The molecule has 6 heteroatoms. The number of rotatable bonds is 6. The van der Waals surface area contributed by atoms with Crippen molar-refractivity contribution in [3.63, 3.8) is 0 Å². The van der Waals surface area contributed by atoms with E-state index in [1.54, 1.807) is 12.1 Å². The first kappa shape index (κ1) is 17.0. The standard InChI is InChI=1S/C17H18N2O3S/c1-3-12(2)17(20)18-13-4-8-15(9-5-13)23-16-10-6-14(7-11-16)19(21)22/h4-12H,3H2,1-2H3,(H,18,20). The van der Waals surface area contributed by atoms with Gasteiger partial charge in [0.25, 0.3) is 5.69 Å². The molecular formula is C17H18N2O3S. The molecule has 0 fully saturated rings. The number of hydrogen-bond donors (Lipinski definition) is 1. The zero-order chi connectivity index (χ0) is 16.8. The van der Waals surface area contributed by atoms with Crippen LogP contribution in [-0.2, 0) is 4.79 Å². The third-order valence-corrected chi connectivity index (χ3v) is 4.48. The second-order valence-electron chi connectivity index (χ2n) is 5.18. The number of nitrogens with one attached hydrogen (secondary N) is 1. The largest absolute Gasteiger partial charge is 0.326 e. The topological polar surface area (TPSA) is 72.2 Å². The molecule has 0 spiro atoms. The highest BCUT2D eigenvalue weighted by Gasteiger charge is 2.10. The van der Waals surface area contributed by atoms with Crippen molar-refractivity contribution in [2.45, 2.75) is 30.1 Å². The van der Waals surface area contributed by atoms with Crippen LogP contribution < -0.4 is 5.32 Å². The van der Waals surface area contributed by atoms with E-state index in [0.717, 1.165) is 21.9 Å². The molecule has 1 atom stereocenters. The Kier molecular flexibility index (Phi) is 5.76. The Hall–Kier alpha value is -2.34. The molecule has 0 aliphatic rings. The van der Waals surface area contributed by atoms with Crippen LogP contribution in [0.5, 0.6) is 0 Å². The summed E-state index contributed by atoms with van der Waals surface area (Å²) in [4.78, 5) is 24.0. The van der Waals surface area contributed by atoms with Crippen molar-refractivity contribution in [1.29, 1.82) is 0 Å². The summed E-state index contributed by atoms with van der Waals surface area (Å²) in [6.07, 6.45) is 0.805. The van der Waals surface area contributed by atoms with Crippen molar-refractivity contribution in [3.05, 3.63) is 58.6 Å². The minimum Gasteiger partial charge on any atom is -0.326 e. The van der Waals surface area contributed by atoms with Gasteiger partial charge in [0.1, 0.15) is 0 Å². The lowest BCUT2D eigenvalue weighted by molar-refractivity contribution is -0.384. The van der Waals surface area contributed by atoms with E-state index in [0.29, 0.717) is 0 Å². The number of amides is 1. The summed E-state index contributed by atoms with van der Waals surface area (Å²) in [5.41, 5.74) is 0.848. The number of nitrogens with zero attached hydrogens (tertiary/aromatic N) is 1. The van der Waals surface area contributed by atoms with Crippen LogP contribution >= 0.6 is 11.8 Å². The fourth-order valence-electron chi connectivity index (χ4n) is 1.83. The fourth-order valence-corrected chi connectivity index (χ4v) is 2.65. The Bertz CT molecular complexity index is 684. The molecule has 0 radical (unpaired) electrons. The van der Waals surface area contributed by atoms with Crippen molar-refractivity contribution in [1.82, 2.24) is 0 Å². The highest BCUT2D eigenvalue weighted by Crippen LogP contribution is 2.29. The van der Waals surface area contributed by atoms with E-state index in [-0.39, 0.29) is 17.5 Å². The molecule has 2 aromatic carbocycles. The lowest BCUT2D eigenvalue weighted by atomic mass is 10.1. The molecule has 0 aliphatic heterocycles. The average Bonchev–Trinajstić information content (AvgIpc) is 2.56.